The summed E-state index contributed by atoms with van der Waals surface area (Å²) in [5, 5.41) is 3.67. The zero-order chi connectivity index (χ0) is 43.8. The first kappa shape index (κ1) is 39.2. The highest BCUT2D eigenvalue weighted by atomic mass is 16.3. The number of rotatable bonds is 9. The number of nitrogens with zero attached hydrogens (tertiary/aromatic N) is 1. The van der Waals surface area contributed by atoms with Crippen molar-refractivity contribution >= 4 is 44.9 Å². The number of hydrogen-bond donors (Lipinski definition) is 0. The van der Waals surface area contributed by atoms with Crippen LogP contribution in [0.4, 0.5) is 17.1 Å². The molecule has 1 aromatic heterocycles. The summed E-state index contributed by atoms with van der Waals surface area (Å²) >= 11 is 0. The number of hydrogen-bond acceptors (Lipinski definition) is 2. The van der Waals surface area contributed by atoms with E-state index >= 15 is 0 Å². The minimum atomic E-state index is 0.944. The van der Waals surface area contributed by atoms with Crippen molar-refractivity contribution in [2.24, 2.45) is 0 Å². The van der Waals surface area contributed by atoms with Crippen LogP contribution in [0.1, 0.15) is 17.7 Å². The van der Waals surface area contributed by atoms with Crippen LogP contribution in [0.15, 0.2) is 247 Å². The van der Waals surface area contributed by atoms with Crippen LogP contribution in [0, 0.1) is 0 Å². The van der Waals surface area contributed by atoms with Crippen LogP contribution in [0.5, 0.6) is 0 Å². The lowest BCUT2D eigenvalue weighted by Crippen LogP contribution is -2.11. The van der Waals surface area contributed by atoms with Gasteiger partial charge in [-0.3, -0.25) is 0 Å². The van der Waals surface area contributed by atoms with Crippen LogP contribution in [-0.4, -0.2) is 0 Å². The Kier molecular flexibility index (Phi) is 10.0. The van der Waals surface area contributed by atoms with E-state index in [2.05, 4.69) is 254 Å². The number of allylic oxidation sites excluding steroid dienone is 1. The molecule has 0 fully saturated rings. The largest absolute Gasteiger partial charge is 0.456 e. The van der Waals surface area contributed by atoms with Crippen molar-refractivity contribution in [3.63, 3.8) is 0 Å². The summed E-state index contributed by atoms with van der Waals surface area (Å²) in [4.78, 5) is 2.41. The van der Waals surface area contributed by atoms with E-state index < -0.39 is 0 Å². The van der Waals surface area contributed by atoms with Crippen LogP contribution in [0.25, 0.3) is 94.6 Å². The molecule has 0 spiro atoms. The van der Waals surface area contributed by atoms with Crippen molar-refractivity contribution in [1.29, 1.82) is 0 Å². The minimum Gasteiger partial charge on any atom is -0.456 e. The molecular weight excluding hydrogens is 799 g/mol. The molecular formula is C64H45NO. The molecule has 66 heavy (non-hydrogen) atoms. The zero-order valence-corrected chi connectivity index (χ0v) is 36.4. The third-order valence-corrected chi connectivity index (χ3v) is 13.2. The molecule has 1 aliphatic rings. The normalized spacial score (nSPS) is 12.1. The van der Waals surface area contributed by atoms with Gasteiger partial charge >= 0.3 is 0 Å². The predicted octanol–water partition coefficient (Wildman–Crippen LogP) is 18.0. The van der Waals surface area contributed by atoms with E-state index in [9.17, 15) is 0 Å². The molecule has 0 saturated carbocycles. The molecule has 0 N–H and O–H groups in total. The van der Waals surface area contributed by atoms with Gasteiger partial charge in [0.1, 0.15) is 11.3 Å². The van der Waals surface area contributed by atoms with Crippen molar-refractivity contribution in [3.8, 4) is 66.8 Å². The molecule has 0 aliphatic heterocycles. The number of benzene rings is 10. The van der Waals surface area contributed by atoms with E-state index in [0.717, 1.165) is 63.5 Å². The van der Waals surface area contributed by atoms with Gasteiger partial charge < -0.3 is 9.32 Å². The maximum atomic E-state index is 6.35. The van der Waals surface area contributed by atoms with Gasteiger partial charge in [0, 0.05) is 27.9 Å². The van der Waals surface area contributed by atoms with Gasteiger partial charge in [0.2, 0.25) is 0 Å². The second-order valence-electron chi connectivity index (χ2n) is 17.1. The molecule has 1 aliphatic carbocycles. The van der Waals surface area contributed by atoms with E-state index in [1.165, 1.54) is 66.2 Å². The summed E-state index contributed by atoms with van der Waals surface area (Å²) < 4.78 is 6.35. The van der Waals surface area contributed by atoms with E-state index in [4.69, 9.17) is 4.42 Å². The van der Waals surface area contributed by atoms with E-state index in [1.807, 2.05) is 0 Å². The molecule has 12 rings (SSSR count). The van der Waals surface area contributed by atoms with Crippen molar-refractivity contribution in [3.05, 3.63) is 254 Å². The third kappa shape index (κ3) is 7.19. The van der Waals surface area contributed by atoms with E-state index in [1.54, 1.807) is 0 Å². The second kappa shape index (κ2) is 16.9. The zero-order valence-electron chi connectivity index (χ0n) is 36.4. The highest BCUT2D eigenvalue weighted by Crippen LogP contribution is 2.46. The topological polar surface area (TPSA) is 16.4 Å². The monoisotopic (exact) mass is 843 g/mol. The fourth-order valence-corrected chi connectivity index (χ4v) is 9.96. The molecule has 0 unspecified atom stereocenters. The van der Waals surface area contributed by atoms with Crippen LogP contribution < -0.4 is 4.90 Å². The summed E-state index contributed by atoms with van der Waals surface area (Å²) in [6, 6.07) is 86.0. The fourth-order valence-electron chi connectivity index (χ4n) is 9.96. The summed E-state index contributed by atoms with van der Waals surface area (Å²) in [6.07, 6.45) is 6.40. The number of para-hydroxylation sites is 1. The fraction of sp³-hybridized carbons (Fsp3) is 0.0312. The van der Waals surface area contributed by atoms with Crippen molar-refractivity contribution in [1.82, 2.24) is 0 Å². The highest BCUT2D eigenvalue weighted by Gasteiger charge is 2.21. The molecule has 2 nitrogen and oxygen atoms in total. The molecule has 0 saturated heterocycles. The van der Waals surface area contributed by atoms with Crippen LogP contribution in [-0.2, 0) is 6.42 Å². The number of fused-ring (bicyclic) bond motifs is 4. The van der Waals surface area contributed by atoms with E-state index in [-0.39, 0.29) is 0 Å². The number of aryl methyl sites for hydroxylation is 1. The molecule has 2 heteroatoms. The van der Waals surface area contributed by atoms with Gasteiger partial charge in [-0.2, -0.15) is 0 Å². The Morgan fingerprint density at radius 3 is 1.56 bits per heavy atom. The summed E-state index contributed by atoms with van der Waals surface area (Å²) in [5.74, 6) is 0.993. The lowest BCUT2D eigenvalue weighted by molar-refractivity contribution is 0.595. The van der Waals surface area contributed by atoms with Gasteiger partial charge in [0.05, 0.1) is 5.69 Å². The maximum absolute atomic E-state index is 6.35. The molecule has 312 valence electrons. The van der Waals surface area contributed by atoms with Crippen molar-refractivity contribution in [2.45, 2.75) is 12.8 Å². The Bertz CT molecular complexity index is 3540. The maximum Gasteiger partial charge on any atom is 0.135 e. The standard InChI is InChI=1S/C64H45NO/c1-4-16-46(17-5-1)54-40-34-50(42-60(54)48-20-8-3-9-21-48)44-30-36-52(37-31-44)65(53-38-32-45(33-39-53)51-35-41-58-57-25-11-13-29-62(57)66-63(58)43-51)61-28-12-10-24-56(61)59-27-15-23-49-22-14-26-55(64(49)59)47-18-6-2-7-19-47/h1-10,12-24,26-43H,11,25H2. The van der Waals surface area contributed by atoms with Gasteiger partial charge in [-0.25, -0.2) is 0 Å². The highest BCUT2D eigenvalue weighted by molar-refractivity contribution is 6.09. The quantitative estimate of drug-likeness (QED) is 0.144. The SMILES string of the molecule is C1=Cc2oc3cc(-c4ccc(N(c5ccc(-c6ccc(-c7ccccc7)c(-c7ccccc7)c6)cc5)c5ccccc5-c5cccc6cccc(-c7ccccc7)c56)cc4)ccc3c2CC1. The Labute approximate surface area is 386 Å². The first-order valence-corrected chi connectivity index (χ1v) is 22.9. The summed E-state index contributed by atoms with van der Waals surface area (Å²) in [7, 11) is 0. The average molecular weight is 844 g/mol. The van der Waals surface area contributed by atoms with E-state index in [0.29, 0.717) is 0 Å². The van der Waals surface area contributed by atoms with Gasteiger partial charge in [-0.1, -0.05) is 200 Å². The van der Waals surface area contributed by atoms with Gasteiger partial charge in [0.15, 0.2) is 0 Å². The minimum absolute atomic E-state index is 0.944. The molecule has 0 amide bonds. The first-order valence-electron chi connectivity index (χ1n) is 22.9. The van der Waals surface area contributed by atoms with Gasteiger partial charge in [-0.15, -0.1) is 0 Å². The molecule has 0 atom stereocenters. The Hall–Kier alpha value is -8.46. The number of anilines is 3. The van der Waals surface area contributed by atoms with Gasteiger partial charge in [0.25, 0.3) is 0 Å². The summed E-state index contributed by atoms with van der Waals surface area (Å²) in [5.41, 5.74) is 19.7. The van der Waals surface area contributed by atoms with Crippen LogP contribution in [0.3, 0.4) is 0 Å². The van der Waals surface area contributed by atoms with Crippen LogP contribution >= 0.6 is 0 Å². The summed E-state index contributed by atoms with van der Waals surface area (Å²) in [6.45, 7) is 0. The Morgan fingerprint density at radius 1 is 0.364 bits per heavy atom. The molecule has 10 aromatic carbocycles. The molecule has 0 radical (unpaired) electrons. The Balaban J connectivity index is 0.986. The Morgan fingerprint density at radius 2 is 0.894 bits per heavy atom. The van der Waals surface area contributed by atoms with Crippen molar-refractivity contribution in [2.75, 3.05) is 4.90 Å². The molecule has 0 bridgehead atoms. The lowest BCUT2D eigenvalue weighted by Gasteiger charge is -2.29. The first-order chi connectivity index (χ1) is 32.7. The van der Waals surface area contributed by atoms with Crippen molar-refractivity contribution < 1.29 is 4.42 Å². The smallest absolute Gasteiger partial charge is 0.135 e. The van der Waals surface area contributed by atoms with Crippen LogP contribution in [0.2, 0.25) is 0 Å². The lowest BCUT2D eigenvalue weighted by atomic mass is 9.90. The molecule has 1 heterocycles. The number of furan rings is 1. The van der Waals surface area contributed by atoms with Gasteiger partial charge in [-0.05, 0) is 133 Å². The molecule has 11 aromatic rings. The second-order valence-corrected chi connectivity index (χ2v) is 17.1. The predicted molar refractivity (Wildman–Crippen MR) is 278 cm³/mol. The third-order valence-electron chi connectivity index (χ3n) is 13.2. The average Bonchev–Trinajstić information content (AvgIpc) is 3.78.